The van der Waals surface area contributed by atoms with Crippen LogP contribution in [0.3, 0.4) is 0 Å². The van der Waals surface area contributed by atoms with Crippen LogP contribution in [0.25, 0.3) is 0 Å². The molecular formula is C17H15BrCl3N3S. The van der Waals surface area contributed by atoms with E-state index in [1.54, 1.807) is 0 Å². The number of hydrogen-bond donors (Lipinski definition) is 1. The maximum Gasteiger partial charge on any atom is 0.173 e. The predicted octanol–water partition coefficient (Wildman–Crippen LogP) is 5.93. The number of hydrogen-bond acceptors (Lipinski definition) is 2. The normalized spacial score (nSPS) is 14.6. The molecule has 1 aliphatic heterocycles. The second kappa shape index (κ2) is 8.31. The minimum absolute atomic E-state index is 0.570. The molecule has 1 N–H and O–H groups in total. The first-order chi connectivity index (χ1) is 11.9. The van der Waals surface area contributed by atoms with Crippen molar-refractivity contribution in [3.63, 3.8) is 0 Å². The lowest BCUT2D eigenvalue weighted by molar-refractivity contribution is 0.391. The zero-order chi connectivity index (χ0) is 18.0. The Morgan fingerprint density at radius 2 is 1.64 bits per heavy atom. The Kier molecular flexibility index (Phi) is 6.34. The van der Waals surface area contributed by atoms with Gasteiger partial charge in [-0.2, -0.15) is 0 Å². The van der Waals surface area contributed by atoms with Crippen molar-refractivity contribution in [3.05, 3.63) is 55.9 Å². The molecule has 0 radical (unpaired) electrons. The second-order valence-electron chi connectivity index (χ2n) is 5.63. The smallest absolute Gasteiger partial charge is 0.173 e. The Labute approximate surface area is 176 Å². The standard InChI is InChI=1S/C17H15BrCl3N3S/c18-11-1-4-16(15(21)9-11)22-17(25)24-7-5-23(6-8-24)12-2-3-13(19)14(20)10-12/h1-4,9-10H,5-8H2,(H,22,25). The average Bonchev–Trinajstić information content (AvgIpc) is 2.60. The minimum atomic E-state index is 0.570. The Morgan fingerprint density at radius 1 is 0.920 bits per heavy atom. The molecule has 0 saturated carbocycles. The quantitative estimate of drug-likeness (QED) is 0.538. The highest BCUT2D eigenvalue weighted by atomic mass is 79.9. The van der Waals surface area contributed by atoms with Gasteiger partial charge < -0.3 is 15.1 Å². The van der Waals surface area contributed by atoms with Gasteiger partial charge in [0.2, 0.25) is 0 Å². The van der Waals surface area contributed by atoms with Gasteiger partial charge in [0.05, 0.1) is 20.8 Å². The second-order valence-corrected chi connectivity index (χ2v) is 8.15. The lowest BCUT2D eigenvalue weighted by Gasteiger charge is -2.37. The average molecular weight is 480 g/mol. The molecule has 2 aromatic rings. The van der Waals surface area contributed by atoms with E-state index in [-0.39, 0.29) is 0 Å². The van der Waals surface area contributed by atoms with Gasteiger partial charge in [-0.25, -0.2) is 0 Å². The van der Waals surface area contributed by atoms with Crippen LogP contribution in [0.2, 0.25) is 15.1 Å². The molecular weight excluding hydrogens is 465 g/mol. The van der Waals surface area contributed by atoms with Crippen molar-refractivity contribution in [2.24, 2.45) is 0 Å². The van der Waals surface area contributed by atoms with Crippen molar-refractivity contribution in [1.29, 1.82) is 0 Å². The van der Waals surface area contributed by atoms with Crippen LogP contribution in [-0.4, -0.2) is 36.2 Å². The van der Waals surface area contributed by atoms with Crippen molar-refractivity contribution in [2.75, 3.05) is 36.4 Å². The molecule has 0 aliphatic carbocycles. The lowest BCUT2D eigenvalue weighted by atomic mass is 10.2. The Balaban J connectivity index is 1.59. The van der Waals surface area contributed by atoms with Gasteiger partial charge in [-0.3, -0.25) is 0 Å². The monoisotopic (exact) mass is 477 g/mol. The predicted molar refractivity (Wildman–Crippen MR) is 116 cm³/mol. The summed E-state index contributed by atoms with van der Waals surface area (Å²) in [5.41, 5.74) is 1.88. The third-order valence-electron chi connectivity index (χ3n) is 4.01. The number of thiocarbonyl (C=S) groups is 1. The third-order valence-corrected chi connectivity index (χ3v) is 5.91. The first-order valence-electron chi connectivity index (χ1n) is 7.65. The number of nitrogens with one attached hydrogen (secondary N) is 1. The molecule has 3 rings (SSSR count). The van der Waals surface area contributed by atoms with E-state index in [1.807, 2.05) is 36.4 Å². The van der Waals surface area contributed by atoms with Crippen LogP contribution >= 0.6 is 63.0 Å². The largest absolute Gasteiger partial charge is 0.368 e. The number of rotatable bonds is 2. The van der Waals surface area contributed by atoms with Crippen LogP contribution in [0.5, 0.6) is 0 Å². The highest BCUT2D eigenvalue weighted by Crippen LogP contribution is 2.28. The molecule has 0 aromatic heterocycles. The molecule has 3 nitrogen and oxygen atoms in total. The van der Waals surface area contributed by atoms with Crippen molar-refractivity contribution in [2.45, 2.75) is 0 Å². The summed E-state index contributed by atoms with van der Waals surface area (Å²) in [4.78, 5) is 4.41. The van der Waals surface area contributed by atoms with Gasteiger partial charge in [-0.15, -0.1) is 0 Å². The molecule has 0 bridgehead atoms. The van der Waals surface area contributed by atoms with Crippen molar-refractivity contribution < 1.29 is 0 Å². The maximum absolute atomic E-state index is 6.24. The van der Waals surface area contributed by atoms with Crippen LogP contribution in [0.1, 0.15) is 0 Å². The molecule has 0 unspecified atom stereocenters. The SMILES string of the molecule is S=C(Nc1ccc(Br)cc1Cl)N1CCN(c2ccc(Cl)c(Cl)c2)CC1. The zero-order valence-corrected chi connectivity index (χ0v) is 17.8. The molecule has 0 atom stereocenters. The Morgan fingerprint density at radius 3 is 2.28 bits per heavy atom. The van der Waals surface area contributed by atoms with Gasteiger partial charge in [-0.05, 0) is 48.6 Å². The molecule has 0 spiro atoms. The van der Waals surface area contributed by atoms with E-state index in [2.05, 4.69) is 31.0 Å². The van der Waals surface area contributed by atoms with E-state index in [1.165, 1.54) is 0 Å². The van der Waals surface area contributed by atoms with Gasteiger partial charge >= 0.3 is 0 Å². The molecule has 1 saturated heterocycles. The van der Waals surface area contributed by atoms with Gasteiger partial charge in [0.25, 0.3) is 0 Å². The highest BCUT2D eigenvalue weighted by molar-refractivity contribution is 9.10. The van der Waals surface area contributed by atoms with Gasteiger partial charge in [0.15, 0.2) is 5.11 Å². The van der Waals surface area contributed by atoms with E-state index >= 15 is 0 Å². The van der Waals surface area contributed by atoms with Gasteiger partial charge in [0.1, 0.15) is 0 Å². The van der Waals surface area contributed by atoms with E-state index in [0.717, 1.165) is 42.0 Å². The summed E-state index contributed by atoms with van der Waals surface area (Å²) in [5.74, 6) is 0. The van der Waals surface area contributed by atoms with Crippen molar-refractivity contribution >= 4 is 79.4 Å². The van der Waals surface area contributed by atoms with E-state index in [4.69, 9.17) is 47.0 Å². The summed E-state index contributed by atoms with van der Waals surface area (Å²) < 4.78 is 0.934. The first-order valence-corrected chi connectivity index (χ1v) is 9.98. The molecule has 2 aromatic carbocycles. The lowest BCUT2D eigenvalue weighted by Crippen LogP contribution is -2.50. The fourth-order valence-corrected chi connectivity index (χ4v) is 3.94. The number of nitrogens with zero attached hydrogens (tertiary/aromatic N) is 2. The Bertz CT molecular complexity index is 795. The van der Waals surface area contributed by atoms with E-state index in [9.17, 15) is 0 Å². The fourth-order valence-electron chi connectivity index (χ4n) is 2.63. The van der Waals surface area contributed by atoms with E-state index < -0.39 is 0 Å². The van der Waals surface area contributed by atoms with Crippen LogP contribution in [0.4, 0.5) is 11.4 Å². The van der Waals surface area contributed by atoms with Crippen LogP contribution in [-0.2, 0) is 0 Å². The molecule has 25 heavy (non-hydrogen) atoms. The molecule has 1 aliphatic rings. The van der Waals surface area contributed by atoms with Crippen LogP contribution in [0.15, 0.2) is 40.9 Å². The third kappa shape index (κ3) is 4.72. The molecule has 8 heteroatoms. The summed E-state index contributed by atoms with van der Waals surface area (Å²) in [5, 5.41) is 5.68. The topological polar surface area (TPSA) is 18.5 Å². The summed E-state index contributed by atoms with van der Waals surface area (Å²) in [6, 6.07) is 11.4. The maximum atomic E-state index is 6.24. The summed E-state index contributed by atoms with van der Waals surface area (Å²) in [6.45, 7) is 3.35. The van der Waals surface area contributed by atoms with Crippen molar-refractivity contribution in [3.8, 4) is 0 Å². The first kappa shape index (κ1) is 19.1. The molecule has 1 heterocycles. The number of benzene rings is 2. The highest BCUT2D eigenvalue weighted by Gasteiger charge is 2.20. The van der Waals surface area contributed by atoms with Crippen molar-refractivity contribution in [1.82, 2.24) is 4.90 Å². The van der Waals surface area contributed by atoms with Crippen LogP contribution < -0.4 is 10.2 Å². The number of anilines is 2. The Hall–Kier alpha value is -0.720. The summed E-state index contributed by atoms with van der Waals surface area (Å²) in [6.07, 6.45) is 0. The van der Waals surface area contributed by atoms with Gasteiger partial charge in [-0.1, -0.05) is 50.7 Å². The molecule has 132 valence electrons. The number of halogens is 4. The minimum Gasteiger partial charge on any atom is -0.368 e. The van der Waals surface area contributed by atoms with Gasteiger partial charge in [0, 0.05) is 36.3 Å². The fraction of sp³-hybridized carbons (Fsp3) is 0.235. The summed E-state index contributed by atoms with van der Waals surface area (Å²) in [7, 11) is 0. The zero-order valence-electron chi connectivity index (χ0n) is 13.1. The summed E-state index contributed by atoms with van der Waals surface area (Å²) >= 11 is 27.3. The number of piperazine rings is 1. The van der Waals surface area contributed by atoms with Crippen LogP contribution in [0, 0.1) is 0 Å². The molecule has 0 amide bonds. The van der Waals surface area contributed by atoms with E-state index in [0.29, 0.717) is 20.2 Å². The molecule has 1 fully saturated rings.